The van der Waals surface area contributed by atoms with E-state index in [0.29, 0.717) is 18.5 Å². The molecule has 2 saturated carbocycles. The van der Waals surface area contributed by atoms with E-state index in [1.807, 2.05) is 0 Å². The Labute approximate surface area is 104 Å². The van der Waals surface area contributed by atoms with Gasteiger partial charge in [-0.3, -0.25) is 4.79 Å². The zero-order valence-electron chi connectivity index (χ0n) is 10.1. The Morgan fingerprint density at radius 3 is 2.50 bits per heavy atom. The lowest BCUT2D eigenvalue weighted by Crippen LogP contribution is -2.40. The fraction of sp³-hybridized carbons (Fsp3) is 0.917. The first-order valence-corrected chi connectivity index (χ1v) is 6.31. The quantitative estimate of drug-likeness (QED) is 0.743. The van der Waals surface area contributed by atoms with Crippen molar-refractivity contribution < 1.29 is 4.79 Å². The molecule has 2 aliphatic rings. The summed E-state index contributed by atoms with van der Waals surface area (Å²) in [6, 6.07) is 0.570. The normalized spacial score (nSPS) is 19.1. The van der Waals surface area contributed by atoms with Gasteiger partial charge in [-0.05, 0) is 44.6 Å². The van der Waals surface area contributed by atoms with Gasteiger partial charge in [0, 0.05) is 12.6 Å². The van der Waals surface area contributed by atoms with Crippen molar-refractivity contribution in [2.75, 3.05) is 19.6 Å². The number of nitrogens with one attached hydrogen (secondary N) is 1. The monoisotopic (exact) mass is 246 g/mol. The highest BCUT2D eigenvalue weighted by Crippen LogP contribution is 2.28. The average molecular weight is 247 g/mol. The maximum Gasteiger partial charge on any atom is 0.236 e. The van der Waals surface area contributed by atoms with Crippen LogP contribution in [-0.2, 0) is 4.79 Å². The fourth-order valence-corrected chi connectivity index (χ4v) is 1.94. The minimum absolute atomic E-state index is 0. The molecule has 4 heteroatoms. The van der Waals surface area contributed by atoms with Crippen LogP contribution in [0, 0.1) is 5.92 Å². The van der Waals surface area contributed by atoms with Gasteiger partial charge in [0.1, 0.15) is 0 Å². The van der Waals surface area contributed by atoms with Crippen molar-refractivity contribution in [3.63, 3.8) is 0 Å². The van der Waals surface area contributed by atoms with E-state index < -0.39 is 0 Å². The minimum atomic E-state index is 0. The molecule has 0 radical (unpaired) electrons. The smallest absolute Gasteiger partial charge is 0.236 e. The Bertz CT molecular complexity index is 227. The van der Waals surface area contributed by atoms with Crippen molar-refractivity contribution >= 4 is 18.3 Å². The van der Waals surface area contributed by atoms with E-state index in [4.69, 9.17) is 0 Å². The molecule has 1 N–H and O–H groups in total. The Morgan fingerprint density at radius 1 is 1.31 bits per heavy atom. The molecule has 0 saturated heterocycles. The third-order valence-corrected chi connectivity index (χ3v) is 3.18. The summed E-state index contributed by atoms with van der Waals surface area (Å²) in [6.07, 6.45) is 6.21. The summed E-state index contributed by atoms with van der Waals surface area (Å²) < 4.78 is 0. The summed E-state index contributed by atoms with van der Waals surface area (Å²) in [5, 5.41) is 3.28. The van der Waals surface area contributed by atoms with Crippen LogP contribution in [0.5, 0.6) is 0 Å². The first-order chi connectivity index (χ1) is 7.31. The molecule has 2 rings (SSSR count). The van der Waals surface area contributed by atoms with Crippen molar-refractivity contribution in [1.29, 1.82) is 0 Å². The predicted molar refractivity (Wildman–Crippen MR) is 67.9 cm³/mol. The molecule has 0 aromatic carbocycles. The van der Waals surface area contributed by atoms with Crippen LogP contribution in [-0.4, -0.2) is 36.5 Å². The van der Waals surface area contributed by atoms with Crippen molar-refractivity contribution in [3.05, 3.63) is 0 Å². The summed E-state index contributed by atoms with van der Waals surface area (Å²) in [4.78, 5) is 13.9. The van der Waals surface area contributed by atoms with Crippen LogP contribution >= 0.6 is 12.4 Å². The zero-order chi connectivity index (χ0) is 10.7. The van der Waals surface area contributed by atoms with Crippen LogP contribution in [0.1, 0.15) is 39.0 Å². The van der Waals surface area contributed by atoms with E-state index in [-0.39, 0.29) is 12.4 Å². The molecule has 0 heterocycles. The molecule has 16 heavy (non-hydrogen) atoms. The summed E-state index contributed by atoms with van der Waals surface area (Å²) in [7, 11) is 0. The highest BCUT2D eigenvalue weighted by molar-refractivity contribution is 5.85. The van der Waals surface area contributed by atoms with Gasteiger partial charge in [0.25, 0.3) is 0 Å². The van der Waals surface area contributed by atoms with Gasteiger partial charge in [-0.2, -0.15) is 0 Å². The fourth-order valence-electron chi connectivity index (χ4n) is 1.94. The summed E-state index contributed by atoms with van der Waals surface area (Å²) >= 11 is 0. The predicted octanol–water partition coefficient (Wildman–Crippen LogP) is 1.81. The van der Waals surface area contributed by atoms with Gasteiger partial charge >= 0.3 is 0 Å². The number of nitrogens with zero attached hydrogens (tertiary/aromatic N) is 1. The number of hydrogen-bond acceptors (Lipinski definition) is 2. The molecule has 1 amide bonds. The third-order valence-electron chi connectivity index (χ3n) is 3.18. The second kappa shape index (κ2) is 6.45. The molecule has 0 aromatic heterocycles. The van der Waals surface area contributed by atoms with E-state index in [2.05, 4.69) is 17.1 Å². The molecule has 0 atom stereocenters. The first-order valence-electron chi connectivity index (χ1n) is 6.31. The van der Waals surface area contributed by atoms with Crippen LogP contribution in [0.2, 0.25) is 0 Å². The lowest BCUT2D eigenvalue weighted by molar-refractivity contribution is -0.130. The number of carbonyl (C=O) groups is 1. The van der Waals surface area contributed by atoms with Gasteiger partial charge in [-0.25, -0.2) is 0 Å². The molecular formula is C12H23ClN2O. The second-order valence-corrected chi connectivity index (χ2v) is 4.89. The van der Waals surface area contributed by atoms with Gasteiger partial charge in [-0.1, -0.05) is 6.92 Å². The van der Waals surface area contributed by atoms with E-state index >= 15 is 0 Å². The molecule has 2 aliphatic carbocycles. The second-order valence-electron chi connectivity index (χ2n) is 4.89. The van der Waals surface area contributed by atoms with Gasteiger partial charge < -0.3 is 10.2 Å². The Kier molecular flexibility index (Phi) is 5.56. The van der Waals surface area contributed by atoms with Gasteiger partial charge in [-0.15, -0.1) is 12.4 Å². The van der Waals surface area contributed by atoms with Crippen LogP contribution in [0.4, 0.5) is 0 Å². The topological polar surface area (TPSA) is 32.3 Å². The summed E-state index contributed by atoms with van der Waals surface area (Å²) in [5.41, 5.74) is 0. The maximum absolute atomic E-state index is 11.9. The number of halogens is 1. The molecular weight excluding hydrogens is 224 g/mol. The van der Waals surface area contributed by atoms with E-state index in [9.17, 15) is 4.79 Å². The molecule has 2 fully saturated rings. The minimum Gasteiger partial charge on any atom is -0.339 e. The molecule has 3 nitrogen and oxygen atoms in total. The third kappa shape index (κ3) is 4.30. The molecule has 0 aliphatic heterocycles. The first kappa shape index (κ1) is 13.8. The number of hydrogen-bond donors (Lipinski definition) is 1. The largest absolute Gasteiger partial charge is 0.339 e. The lowest BCUT2D eigenvalue weighted by atomic mass is 10.3. The molecule has 0 spiro atoms. The molecule has 0 aromatic rings. The molecule has 0 bridgehead atoms. The van der Waals surface area contributed by atoms with Crippen LogP contribution < -0.4 is 5.32 Å². The highest BCUT2D eigenvalue weighted by Gasteiger charge is 2.31. The number of amides is 1. The maximum atomic E-state index is 11.9. The molecule has 94 valence electrons. The number of carbonyl (C=O) groups excluding carboxylic acids is 1. The summed E-state index contributed by atoms with van der Waals surface area (Å²) in [5.74, 6) is 1.17. The van der Waals surface area contributed by atoms with Gasteiger partial charge in [0.15, 0.2) is 0 Å². The van der Waals surface area contributed by atoms with Crippen LogP contribution in [0.25, 0.3) is 0 Å². The average Bonchev–Trinajstić information content (AvgIpc) is 3.05. The standard InChI is InChI=1S/C12H22N2O.ClH/c1-2-7-14(11-5-6-11)12(15)9-13-8-10-3-4-10;/h10-11,13H,2-9H2,1H3;1H. The van der Waals surface area contributed by atoms with Crippen molar-refractivity contribution in [1.82, 2.24) is 10.2 Å². The van der Waals surface area contributed by atoms with E-state index in [1.54, 1.807) is 0 Å². The van der Waals surface area contributed by atoms with Crippen LogP contribution in [0.3, 0.4) is 0 Å². The molecule has 0 unspecified atom stereocenters. The Morgan fingerprint density at radius 2 is 2.00 bits per heavy atom. The number of rotatable bonds is 7. The van der Waals surface area contributed by atoms with Crippen molar-refractivity contribution in [2.45, 2.75) is 45.1 Å². The Hall–Kier alpha value is -0.280. The van der Waals surface area contributed by atoms with Crippen LogP contribution in [0.15, 0.2) is 0 Å². The van der Waals surface area contributed by atoms with Crippen molar-refractivity contribution in [2.24, 2.45) is 5.92 Å². The van der Waals surface area contributed by atoms with Crippen molar-refractivity contribution in [3.8, 4) is 0 Å². The lowest BCUT2D eigenvalue weighted by Gasteiger charge is -2.21. The van der Waals surface area contributed by atoms with Gasteiger partial charge in [0.2, 0.25) is 5.91 Å². The van der Waals surface area contributed by atoms with Gasteiger partial charge in [0.05, 0.1) is 6.54 Å². The summed E-state index contributed by atoms with van der Waals surface area (Å²) in [6.45, 7) is 4.66. The SMILES string of the molecule is CCCN(C(=O)CNCC1CC1)C1CC1.Cl. The highest BCUT2D eigenvalue weighted by atomic mass is 35.5. The van der Waals surface area contributed by atoms with E-state index in [1.165, 1.54) is 25.7 Å². The Balaban J connectivity index is 0.00000128. The van der Waals surface area contributed by atoms with E-state index in [0.717, 1.165) is 25.4 Å². The zero-order valence-corrected chi connectivity index (χ0v) is 10.9.